The Morgan fingerprint density at radius 2 is 2.00 bits per heavy atom. The minimum atomic E-state index is -0.270. The van der Waals surface area contributed by atoms with Gasteiger partial charge in [0.1, 0.15) is 0 Å². The summed E-state index contributed by atoms with van der Waals surface area (Å²) in [6.07, 6.45) is 0.575. The summed E-state index contributed by atoms with van der Waals surface area (Å²) >= 11 is 0. The van der Waals surface area contributed by atoms with E-state index in [1.165, 1.54) is 5.56 Å². The molecule has 0 spiro atoms. The van der Waals surface area contributed by atoms with Crippen LogP contribution in [0.15, 0.2) is 30.3 Å². The Balaban J connectivity index is 0.000000235. The zero-order valence-corrected chi connectivity index (χ0v) is 13.5. The summed E-state index contributed by atoms with van der Waals surface area (Å²) in [6, 6.07) is 9.99. The number of hydrogen-bond acceptors (Lipinski definition) is 4. The number of piperidine rings is 1. The molecule has 1 aliphatic heterocycles. The third-order valence-corrected chi connectivity index (χ3v) is 3.61. The first-order chi connectivity index (χ1) is 10.1. The molecule has 1 aromatic rings. The van der Waals surface area contributed by atoms with Gasteiger partial charge in [-0.2, -0.15) is 0 Å². The molecule has 2 atom stereocenters. The molecule has 3 N–H and O–H groups in total. The molecule has 21 heavy (non-hydrogen) atoms. The number of methoxy groups -OCH3 is 1. The van der Waals surface area contributed by atoms with Crippen LogP contribution in [0.4, 0.5) is 0 Å². The van der Waals surface area contributed by atoms with Crippen molar-refractivity contribution < 1.29 is 9.84 Å². The molecule has 1 heterocycles. The van der Waals surface area contributed by atoms with Crippen LogP contribution < -0.4 is 5.73 Å². The Hall–Kier alpha value is -0.940. The van der Waals surface area contributed by atoms with Crippen molar-refractivity contribution in [3.05, 3.63) is 35.9 Å². The first-order valence-electron chi connectivity index (χ1n) is 7.74. The number of rotatable bonds is 4. The Bertz CT molecular complexity index is 370. The smallest absolute Gasteiger partial charge is 0.0957 e. The summed E-state index contributed by atoms with van der Waals surface area (Å²) in [7, 11) is 1.67. The third-order valence-electron chi connectivity index (χ3n) is 3.61. The molecule has 0 aromatic heterocycles. The van der Waals surface area contributed by atoms with Crippen molar-refractivity contribution in [1.29, 1.82) is 0 Å². The average Bonchev–Trinajstić information content (AvgIpc) is 2.50. The normalized spacial score (nSPS) is 22.8. The van der Waals surface area contributed by atoms with Gasteiger partial charge in [-0.05, 0) is 17.9 Å². The summed E-state index contributed by atoms with van der Waals surface area (Å²) < 4.78 is 5.22. The molecule has 0 aliphatic carbocycles. The predicted octanol–water partition coefficient (Wildman–Crippen LogP) is 1.87. The summed E-state index contributed by atoms with van der Waals surface area (Å²) in [5.74, 6) is 0.688. The van der Waals surface area contributed by atoms with Gasteiger partial charge in [-0.3, -0.25) is 0 Å². The van der Waals surface area contributed by atoms with Gasteiger partial charge in [0.15, 0.2) is 0 Å². The Kier molecular flexibility index (Phi) is 8.54. The summed E-state index contributed by atoms with van der Waals surface area (Å²) in [5, 5.41) is 9.57. The number of benzene rings is 1. The molecule has 0 saturated carbocycles. The van der Waals surface area contributed by atoms with Crippen LogP contribution in [0, 0.1) is 5.92 Å². The lowest BCUT2D eigenvalue weighted by Crippen LogP contribution is -2.48. The summed E-state index contributed by atoms with van der Waals surface area (Å²) in [6.45, 7) is 8.04. The molecule has 0 amide bonds. The van der Waals surface area contributed by atoms with E-state index in [0.29, 0.717) is 12.5 Å². The molecule has 1 aromatic carbocycles. The topological polar surface area (TPSA) is 58.7 Å². The van der Waals surface area contributed by atoms with E-state index in [-0.39, 0.29) is 12.2 Å². The second-order valence-corrected chi connectivity index (χ2v) is 5.97. The van der Waals surface area contributed by atoms with Crippen molar-refractivity contribution in [3.8, 4) is 0 Å². The lowest BCUT2D eigenvalue weighted by molar-refractivity contribution is -0.0625. The largest absolute Gasteiger partial charge is 0.390 e. The minimum Gasteiger partial charge on any atom is -0.390 e. The van der Waals surface area contributed by atoms with Gasteiger partial charge in [-0.15, -0.1) is 0 Å². The Morgan fingerprint density at radius 1 is 1.33 bits per heavy atom. The lowest BCUT2D eigenvalue weighted by atomic mass is 10.0. The van der Waals surface area contributed by atoms with Crippen molar-refractivity contribution in [3.63, 3.8) is 0 Å². The van der Waals surface area contributed by atoms with Crippen LogP contribution in [-0.2, 0) is 11.3 Å². The van der Waals surface area contributed by atoms with E-state index in [4.69, 9.17) is 10.5 Å². The molecule has 1 fully saturated rings. The third kappa shape index (κ3) is 7.05. The molecule has 0 radical (unpaired) electrons. The van der Waals surface area contributed by atoms with Crippen molar-refractivity contribution >= 4 is 0 Å². The van der Waals surface area contributed by atoms with Crippen LogP contribution in [0.5, 0.6) is 0 Å². The van der Waals surface area contributed by atoms with Crippen LogP contribution >= 0.6 is 0 Å². The molecule has 2 unspecified atom stereocenters. The number of nitrogens with two attached hydrogens (primary N) is 1. The number of ether oxygens (including phenoxy) is 1. The molecule has 0 bridgehead atoms. The van der Waals surface area contributed by atoms with Gasteiger partial charge in [0.25, 0.3) is 0 Å². The number of hydrogen-bond donors (Lipinski definition) is 2. The van der Waals surface area contributed by atoms with Crippen LogP contribution in [0.25, 0.3) is 0 Å². The monoisotopic (exact) mass is 294 g/mol. The fraction of sp³-hybridized carbons (Fsp3) is 0.647. The fourth-order valence-corrected chi connectivity index (χ4v) is 2.50. The zero-order chi connectivity index (χ0) is 15.7. The van der Waals surface area contributed by atoms with Gasteiger partial charge < -0.3 is 20.5 Å². The van der Waals surface area contributed by atoms with E-state index in [1.807, 2.05) is 30.3 Å². The van der Waals surface area contributed by atoms with Crippen molar-refractivity contribution in [2.45, 2.75) is 39.0 Å². The van der Waals surface area contributed by atoms with Crippen molar-refractivity contribution in [1.82, 2.24) is 4.90 Å². The zero-order valence-electron chi connectivity index (χ0n) is 13.5. The van der Waals surface area contributed by atoms with Crippen LogP contribution in [0.2, 0.25) is 0 Å². The standard InChI is InChI=1S/C10H21NO2.C7H9N/c1-8(2)6-11-5-4-9(12)10(7-11)13-3;8-6-7-4-2-1-3-5-7/h8-10,12H,4-7H2,1-3H3;1-5H,6,8H2. The van der Waals surface area contributed by atoms with E-state index in [9.17, 15) is 5.11 Å². The number of aliphatic hydroxyl groups excluding tert-OH is 1. The van der Waals surface area contributed by atoms with Crippen LogP contribution in [0.1, 0.15) is 25.8 Å². The highest BCUT2D eigenvalue weighted by atomic mass is 16.5. The van der Waals surface area contributed by atoms with E-state index < -0.39 is 0 Å². The lowest BCUT2D eigenvalue weighted by Gasteiger charge is -2.36. The molecule has 4 nitrogen and oxygen atoms in total. The molecule has 2 rings (SSSR count). The molecule has 1 aliphatic rings. The van der Waals surface area contributed by atoms with E-state index in [2.05, 4.69) is 18.7 Å². The maximum atomic E-state index is 9.57. The van der Waals surface area contributed by atoms with E-state index in [0.717, 1.165) is 26.1 Å². The Morgan fingerprint density at radius 3 is 2.48 bits per heavy atom. The fourth-order valence-electron chi connectivity index (χ4n) is 2.50. The second-order valence-electron chi connectivity index (χ2n) is 5.97. The van der Waals surface area contributed by atoms with Crippen LogP contribution in [-0.4, -0.2) is 49.0 Å². The maximum absolute atomic E-state index is 9.57. The SMILES string of the molecule is COC1CN(CC(C)C)CCC1O.NCc1ccccc1. The minimum absolute atomic E-state index is 0.00694. The number of likely N-dealkylation sites (tertiary alicyclic amines) is 1. The van der Waals surface area contributed by atoms with Gasteiger partial charge in [0, 0.05) is 33.3 Å². The van der Waals surface area contributed by atoms with Gasteiger partial charge >= 0.3 is 0 Å². The highest BCUT2D eigenvalue weighted by Gasteiger charge is 2.27. The Labute approximate surface area is 128 Å². The molecular weight excluding hydrogens is 264 g/mol. The highest BCUT2D eigenvalue weighted by Crippen LogP contribution is 2.14. The first-order valence-corrected chi connectivity index (χ1v) is 7.74. The van der Waals surface area contributed by atoms with Gasteiger partial charge in [-0.1, -0.05) is 44.2 Å². The maximum Gasteiger partial charge on any atom is 0.0957 e. The van der Waals surface area contributed by atoms with Crippen LogP contribution in [0.3, 0.4) is 0 Å². The van der Waals surface area contributed by atoms with Crippen molar-refractivity contribution in [2.24, 2.45) is 11.7 Å². The predicted molar refractivity (Wildman–Crippen MR) is 87.0 cm³/mol. The van der Waals surface area contributed by atoms with Gasteiger partial charge in [-0.25, -0.2) is 0 Å². The molecule has 120 valence electrons. The summed E-state index contributed by atoms with van der Waals surface area (Å²) in [5.41, 5.74) is 6.54. The van der Waals surface area contributed by atoms with E-state index >= 15 is 0 Å². The summed E-state index contributed by atoms with van der Waals surface area (Å²) in [4.78, 5) is 2.37. The van der Waals surface area contributed by atoms with Gasteiger partial charge in [0.2, 0.25) is 0 Å². The van der Waals surface area contributed by atoms with Gasteiger partial charge in [0.05, 0.1) is 12.2 Å². The molecule has 1 saturated heterocycles. The van der Waals surface area contributed by atoms with Crippen molar-refractivity contribution in [2.75, 3.05) is 26.7 Å². The average molecular weight is 294 g/mol. The second kappa shape index (κ2) is 9.90. The molecule has 4 heteroatoms. The number of nitrogens with zero attached hydrogens (tertiary/aromatic N) is 1. The first kappa shape index (κ1) is 18.1. The number of aliphatic hydroxyl groups is 1. The highest BCUT2D eigenvalue weighted by molar-refractivity contribution is 5.13. The van der Waals surface area contributed by atoms with E-state index in [1.54, 1.807) is 7.11 Å². The quantitative estimate of drug-likeness (QED) is 0.890. The molecular formula is C17H30N2O2.